The van der Waals surface area contributed by atoms with Crippen LogP contribution in [0.4, 0.5) is 5.69 Å². The maximum Gasteiger partial charge on any atom is 0.255 e. The van der Waals surface area contributed by atoms with Crippen LogP contribution >= 0.6 is 12.4 Å². The van der Waals surface area contributed by atoms with Gasteiger partial charge in [-0.2, -0.15) is 0 Å². The van der Waals surface area contributed by atoms with E-state index in [4.69, 9.17) is 0 Å². The van der Waals surface area contributed by atoms with Gasteiger partial charge in [-0.25, -0.2) is 0 Å². The summed E-state index contributed by atoms with van der Waals surface area (Å²) in [4.78, 5) is 31.4. The Morgan fingerprint density at radius 3 is 2.61 bits per heavy atom. The molecule has 0 saturated heterocycles. The van der Waals surface area contributed by atoms with E-state index in [1.807, 2.05) is 19.1 Å². The molecule has 0 spiro atoms. The van der Waals surface area contributed by atoms with Crippen molar-refractivity contribution >= 4 is 29.8 Å². The van der Waals surface area contributed by atoms with Crippen LogP contribution in [0, 0.1) is 0 Å². The first-order valence-corrected chi connectivity index (χ1v) is 9.34. The number of hydrogen-bond acceptors (Lipinski definition) is 4. The first-order valence-electron chi connectivity index (χ1n) is 9.34. The van der Waals surface area contributed by atoms with E-state index in [2.05, 4.69) is 36.1 Å². The van der Waals surface area contributed by atoms with Crippen LogP contribution in [0.1, 0.15) is 65.2 Å². The Labute approximate surface area is 173 Å². The number of rotatable bonds is 4. The summed E-state index contributed by atoms with van der Waals surface area (Å²) < 4.78 is 0. The van der Waals surface area contributed by atoms with Crippen molar-refractivity contribution in [2.75, 3.05) is 18.9 Å². The van der Waals surface area contributed by atoms with Gasteiger partial charge in [-0.1, -0.05) is 26.8 Å². The minimum Gasteiger partial charge on any atom is -0.321 e. The lowest BCUT2D eigenvalue weighted by Crippen LogP contribution is -2.40. The summed E-state index contributed by atoms with van der Waals surface area (Å²) in [6, 6.07) is 7.31. The molecule has 1 amide bonds. The summed E-state index contributed by atoms with van der Waals surface area (Å²) in [5.41, 5.74) is 4.93. The normalized spacial score (nSPS) is 15.3. The molecular weight excluding hydrogens is 374 g/mol. The molecule has 2 aromatic rings. The van der Waals surface area contributed by atoms with Crippen molar-refractivity contribution < 1.29 is 9.59 Å². The van der Waals surface area contributed by atoms with Gasteiger partial charge in [0.05, 0.1) is 17.6 Å². The van der Waals surface area contributed by atoms with E-state index >= 15 is 0 Å². The lowest BCUT2D eigenvalue weighted by molar-refractivity contribution is 0.101. The zero-order valence-electron chi connectivity index (χ0n) is 17.1. The molecule has 0 atom stereocenters. The molecule has 0 aliphatic carbocycles. The Morgan fingerprint density at radius 2 is 1.96 bits per heavy atom. The number of Topliss-reactive ketones (excluding diaryl/α,β-unsaturated/α-hetero) is 1. The second-order valence-corrected chi connectivity index (χ2v) is 8.02. The van der Waals surface area contributed by atoms with E-state index in [1.165, 1.54) is 6.92 Å². The van der Waals surface area contributed by atoms with Gasteiger partial charge in [-0.3, -0.25) is 14.6 Å². The Bertz CT molecular complexity index is 909. The molecule has 0 fully saturated rings. The standard InChI is InChI=1S/C22H27N3O2.ClH/c1-6-15-7-8-16(10-19(15)14(2)26)21(27)24-18-9-17-12-25(5)13-22(3,4)20(17)23-11-18;/h7-11H,6,12-13H2,1-5H3,(H,24,27);1H. The number of aromatic nitrogens is 1. The lowest BCUT2D eigenvalue weighted by Gasteiger charge is -2.37. The van der Waals surface area contributed by atoms with E-state index in [-0.39, 0.29) is 29.5 Å². The van der Waals surface area contributed by atoms with Crippen LogP contribution in [0.3, 0.4) is 0 Å². The van der Waals surface area contributed by atoms with Crippen LogP contribution in [-0.2, 0) is 18.4 Å². The summed E-state index contributed by atoms with van der Waals surface area (Å²) in [5, 5.41) is 2.92. The van der Waals surface area contributed by atoms with Gasteiger partial charge in [-0.15, -0.1) is 12.4 Å². The average molecular weight is 402 g/mol. The number of nitrogens with zero attached hydrogens (tertiary/aromatic N) is 2. The molecule has 28 heavy (non-hydrogen) atoms. The molecular formula is C22H28ClN3O2. The van der Waals surface area contributed by atoms with Crippen molar-refractivity contribution in [1.82, 2.24) is 9.88 Å². The second kappa shape index (κ2) is 8.41. The van der Waals surface area contributed by atoms with Gasteiger partial charge >= 0.3 is 0 Å². The highest BCUT2D eigenvalue weighted by Gasteiger charge is 2.31. The molecule has 1 aliphatic heterocycles. The molecule has 1 aromatic heterocycles. The van der Waals surface area contributed by atoms with E-state index in [0.29, 0.717) is 16.8 Å². The zero-order valence-corrected chi connectivity index (χ0v) is 17.9. The maximum atomic E-state index is 12.7. The number of fused-ring (bicyclic) bond motifs is 1. The molecule has 1 N–H and O–H groups in total. The van der Waals surface area contributed by atoms with E-state index < -0.39 is 0 Å². The fraction of sp³-hybridized carbons (Fsp3) is 0.409. The molecule has 0 bridgehead atoms. The molecule has 6 heteroatoms. The van der Waals surface area contributed by atoms with Crippen LogP contribution in [-0.4, -0.2) is 35.2 Å². The Kier molecular flexibility index (Phi) is 6.63. The van der Waals surface area contributed by atoms with Gasteiger partial charge in [0.1, 0.15) is 0 Å². The van der Waals surface area contributed by atoms with Crippen LogP contribution in [0.2, 0.25) is 0 Å². The number of carbonyl (C=O) groups excluding carboxylic acids is 2. The van der Waals surface area contributed by atoms with E-state index in [0.717, 1.165) is 36.3 Å². The number of hydrogen-bond donors (Lipinski definition) is 1. The summed E-state index contributed by atoms with van der Waals surface area (Å²) in [6.07, 6.45) is 2.48. The predicted octanol–water partition coefficient (Wildman–Crippen LogP) is 4.24. The molecule has 1 aliphatic rings. The highest BCUT2D eigenvalue weighted by molar-refractivity contribution is 6.06. The number of halogens is 1. The van der Waals surface area contributed by atoms with Crippen LogP contribution in [0.5, 0.6) is 0 Å². The van der Waals surface area contributed by atoms with E-state index in [9.17, 15) is 9.59 Å². The minimum absolute atomic E-state index is 0. The van der Waals surface area contributed by atoms with Crippen molar-refractivity contribution in [3.63, 3.8) is 0 Å². The molecule has 3 rings (SSSR count). The van der Waals surface area contributed by atoms with Gasteiger partial charge in [-0.05, 0) is 49.7 Å². The third-order valence-electron chi connectivity index (χ3n) is 5.10. The topological polar surface area (TPSA) is 62.3 Å². The van der Waals surface area contributed by atoms with Gasteiger partial charge in [0, 0.05) is 29.6 Å². The fourth-order valence-electron chi connectivity index (χ4n) is 3.96. The third kappa shape index (κ3) is 4.42. The molecule has 0 saturated carbocycles. The highest BCUT2D eigenvalue weighted by Crippen LogP contribution is 2.32. The molecule has 150 valence electrons. The van der Waals surface area contributed by atoms with Gasteiger partial charge in [0.25, 0.3) is 5.91 Å². The van der Waals surface area contributed by atoms with Crippen molar-refractivity contribution in [2.24, 2.45) is 0 Å². The Morgan fingerprint density at radius 1 is 1.25 bits per heavy atom. The smallest absolute Gasteiger partial charge is 0.255 e. The van der Waals surface area contributed by atoms with Crippen molar-refractivity contribution in [3.05, 3.63) is 58.4 Å². The molecule has 0 unspecified atom stereocenters. The number of pyridine rings is 1. The van der Waals surface area contributed by atoms with Crippen LogP contribution < -0.4 is 5.32 Å². The van der Waals surface area contributed by atoms with Gasteiger partial charge in [0.2, 0.25) is 0 Å². The highest BCUT2D eigenvalue weighted by atomic mass is 35.5. The monoisotopic (exact) mass is 401 g/mol. The second-order valence-electron chi connectivity index (χ2n) is 8.02. The average Bonchev–Trinajstić information content (AvgIpc) is 2.59. The Hall–Kier alpha value is -2.24. The SMILES string of the molecule is CCc1ccc(C(=O)Nc2cnc3c(c2)CN(C)CC3(C)C)cc1C(C)=O.Cl. The summed E-state index contributed by atoms with van der Waals surface area (Å²) in [7, 11) is 2.09. The number of benzene rings is 1. The maximum absolute atomic E-state index is 12.7. The predicted molar refractivity (Wildman–Crippen MR) is 115 cm³/mol. The summed E-state index contributed by atoms with van der Waals surface area (Å²) >= 11 is 0. The molecule has 2 heterocycles. The molecule has 0 radical (unpaired) electrons. The first kappa shape index (κ1) is 22.1. The zero-order chi connectivity index (χ0) is 19.8. The Balaban J connectivity index is 0.00000280. The summed E-state index contributed by atoms with van der Waals surface area (Å²) in [6.45, 7) is 9.67. The number of carbonyl (C=O) groups is 2. The van der Waals surface area contributed by atoms with Crippen molar-refractivity contribution in [1.29, 1.82) is 0 Å². The number of amides is 1. The number of ketones is 1. The van der Waals surface area contributed by atoms with Crippen LogP contribution in [0.15, 0.2) is 30.5 Å². The number of nitrogens with one attached hydrogen (secondary N) is 1. The molecule has 5 nitrogen and oxygen atoms in total. The van der Waals surface area contributed by atoms with Gasteiger partial charge < -0.3 is 10.2 Å². The molecule has 1 aromatic carbocycles. The number of likely N-dealkylation sites (N-methyl/N-ethyl adjacent to an activating group) is 1. The van der Waals surface area contributed by atoms with Crippen molar-refractivity contribution in [2.45, 2.75) is 46.1 Å². The van der Waals surface area contributed by atoms with Crippen LogP contribution in [0.25, 0.3) is 0 Å². The largest absolute Gasteiger partial charge is 0.321 e. The fourth-order valence-corrected chi connectivity index (χ4v) is 3.96. The lowest BCUT2D eigenvalue weighted by atomic mass is 9.82. The quantitative estimate of drug-likeness (QED) is 0.778. The number of aryl methyl sites for hydroxylation is 1. The number of anilines is 1. The van der Waals surface area contributed by atoms with Crippen molar-refractivity contribution in [3.8, 4) is 0 Å². The van der Waals surface area contributed by atoms with Gasteiger partial charge in [0.15, 0.2) is 5.78 Å². The summed E-state index contributed by atoms with van der Waals surface area (Å²) in [5.74, 6) is -0.257. The first-order chi connectivity index (χ1) is 12.7. The third-order valence-corrected chi connectivity index (χ3v) is 5.10. The minimum atomic E-state index is -0.231. The van der Waals surface area contributed by atoms with E-state index in [1.54, 1.807) is 18.3 Å².